The van der Waals surface area contributed by atoms with Crippen LogP contribution in [0.2, 0.25) is 0 Å². The molecular formula is C6H15NO5S. The number of hydrogen-bond acceptors (Lipinski definition) is 6. The summed E-state index contributed by atoms with van der Waals surface area (Å²) >= 11 is 0. The molecule has 0 radical (unpaired) electrons. The van der Waals surface area contributed by atoms with Crippen molar-refractivity contribution in [3.63, 3.8) is 0 Å². The fourth-order valence-electron chi connectivity index (χ4n) is 0.863. The molecule has 0 aliphatic heterocycles. The minimum atomic E-state index is -2.80. The lowest BCUT2D eigenvalue weighted by Crippen LogP contribution is -2.32. The van der Waals surface area contributed by atoms with E-state index < -0.39 is 11.0 Å². The highest BCUT2D eigenvalue weighted by Gasteiger charge is 2.02. The minimum Gasteiger partial charge on any atom is -0.395 e. The molecule has 13 heavy (non-hydrogen) atoms. The Bertz CT molecular complexity index is 170. The first kappa shape index (κ1) is 12.8. The zero-order valence-corrected chi connectivity index (χ0v) is 8.15. The van der Waals surface area contributed by atoms with E-state index in [0.29, 0.717) is 19.6 Å². The summed E-state index contributed by atoms with van der Waals surface area (Å²) < 4.78 is 24.3. The molecule has 2 N–H and O–H groups in total. The molecule has 0 saturated carbocycles. The third kappa shape index (κ3) is 8.13. The van der Waals surface area contributed by atoms with Gasteiger partial charge in [-0.05, 0) is 0 Å². The quantitative estimate of drug-likeness (QED) is 0.397. The van der Waals surface area contributed by atoms with Gasteiger partial charge in [0.25, 0.3) is 11.0 Å². The first-order valence-corrected chi connectivity index (χ1v) is 5.01. The van der Waals surface area contributed by atoms with Gasteiger partial charge in [-0.2, -0.15) is 0 Å². The van der Waals surface area contributed by atoms with Gasteiger partial charge in [0.2, 0.25) is 0 Å². The Balaban J connectivity index is 3.55. The maximum atomic E-state index is 9.99. The largest absolute Gasteiger partial charge is 0.395 e. The average molecular weight is 213 g/mol. The Morgan fingerprint density at radius 1 is 1.08 bits per heavy atom. The first-order valence-electron chi connectivity index (χ1n) is 3.92. The van der Waals surface area contributed by atoms with Crippen molar-refractivity contribution >= 4 is 11.0 Å². The Hall–Kier alpha value is -0.210. The molecule has 0 heterocycles. The summed E-state index contributed by atoms with van der Waals surface area (Å²) in [5.74, 6) is 0. The molecule has 0 unspecified atom stereocenters. The second-order valence-corrected chi connectivity index (χ2v) is 3.05. The fraction of sp³-hybridized carbons (Fsp3) is 1.00. The normalized spacial score (nSPS) is 11.4. The lowest BCUT2D eigenvalue weighted by Gasteiger charge is -2.18. The maximum Gasteiger partial charge on any atom is 0.257 e. The molecule has 80 valence electrons. The summed E-state index contributed by atoms with van der Waals surface area (Å²) in [6, 6.07) is 0. The summed E-state index contributed by atoms with van der Waals surface area (Å²) in [4.78, 5) is 1.71. The lowest BCUT2D eigenvalue weighted by atomic mass is 10.4. The Morgan fingerprint density at radius 2 is 1.62 bits per heavy atom. The van der Waals surface area contributed by atoms with Crippen LogP contribution >= 0.6 is 0 Å². The molecule has 0 saturated heterocycles. The van der Waals surface area contributed by atoms with Crippen LogP contribution in [-0.2, 0) is 15.2 Å². The molecule has 0 fully saturated rings. The number of aliphatic hydroxyl groups excluding tert-OH is 2. The van der Waals surface area contributed by atoms with Gasteiger partial charge in [-0.1, -0.05) is 0 Å². The van der Waals surface area contributed by atoms with Gasteiger partial charge in [0, 0.05) is 19.6 Å². The number of nitrogens with zero attached hydrogens (tertiary/aromatic N) is 1. The highest BCUT2D eigenvalue weighted by molar-refractivity contribution is 7.67. The van der Waals surface area contributed by atoms with E-state index in [-0.39, 0.29) is 19.8 Å². The van der Waals surface area contributed by atoms with Crippen molar-refractivity contribution < 1.29 is 22.8 Å². The van der Waals surface area contributed by atoms with Crippen molar-refractivity contribution in [2.75, 3.05) is 39.5 Å². The molecule has 0 amide bonds. The SMILES string of the molecule is O=[SH](=O)OCCN(CCO)CCO. The van der Waals surface area contributed by atoms with E-state index in [1.165, 1.54) is 0 Å². The maximum absolute atomic E-state index is 9.99. The van der Waals surface area contributed by atoms with E-state index in [1.807, 2.05) is 0 Å². The van der Waals surface area contributed by atoms with E-state index in [0.717, 1.165) is 0 Å². The zero-order valence-electron chi connectivity index (χ0n) is 7.26. The molecule has 0 aromatic rings. The van der Waals surface area contributed by atoms with Crippen molar-refractivity contribution in [1.29, 1.82) is 0 Å². The van der Waals surface area contributed by atoms with Gasteiger partial charge in [-0.3, -0.25) is 9.08 Å². The Labute approximate surface area is 78.9 Å². The third-order valence-electron chi connectivity index (χ3n) is 1.44. The summed E-state index contributed by atoms with van der Waals surface area (Å²) in [7, 11) is -2.80. The van der Waals surface area contributed by atoms with Crippen LogP contribution in [0.4, 0.5) is 0 Å². The van der Waals surface area contributed by atoms with Crippen LogP contribution in [-0.4, -0.2) is 63.0 Å². The molecule has 6 nitrogen and oxygen atoms in total. The van der Waals surface area contributed by atoms with E-state index in [4.69, 9.17) is 10.2 Å². The zero-order chi connectivity index (χ0) is 10.1. The standard InChI is InChI=1S/C6H15NO5S/c8-4-1-7(2-5-9)3-6-12-13(10)11/h8-9,13H,1-6H2. The molecule has 0 bridgehead atoms. The van der Waals surface area contributed by atoms with Crippen LogP contribution in [0.25, 0.3) is 0 Å². The Kier molecular flexibility index (Phi) is 8.26. The van der Waals surface area contributed by atoms with Crippen molar-refractivity contribution in [1.82, 2.24) is 4.90 Å². The van der Waals surface area contributed by atoms with Crippen molar-refractivity contribution in [2.45, 2.75) is 0 Å². The summed E-state index contributed by atoms with van der Waals surface area (Å²) in [5.41, 5.74) is 0. The van der Waals surface area contributed by atoms with E-state index in [1.54, 1.807) is 4.90 Å². The molecule has 0 aliphatic carbocycles. The smallest absolute Gasteiger partial charge is 0.257 e. The van der Waals surface area contributed by atoms with Gasteiger partial charge >= 0.3 is 0 Å². The Morgan fingerprint density at radius 3 is 2.00 bits per heavy atom. The van der Waals surface area contributed by atoms with Crippen LogP contribution < -0.4 is 0 Å². The lowest BCUT2D eigenvalue weighted by molar-refractivity contribution is 0.144. The van der Waals surface area contributed by atoms with Crippen LogP contribution in [0.1, 0.15) is 0 Å². The highest BCUT2D eigenvalue weighted by Crippen LogP contribution is 1.87. The van der Waals surface area contributed by atoms with Gasteiger partial charge in [0.05, 0.1) is 19.8 Å². The third-order valence-corrected chi connectivity index (χ3v) is 1.83. The second-order valence-electron chi connectivity index (χ2n) is 2.35. The van der Waals surface area contributed by atoms with Crippen molar-refractivity contribution in [3.05, 3.63) is 0 Å². The molecule has 0 aromatic carbocycles. The van der Waals surface area contributed by atoms with Gasteiger partial charge in [0.1, 0.15) is 0 Å². The van der Waals surface area contributed by atoms with Crippen molar-refractivity contribution in [3.8, 4) is 0 Å². The molecule has 0 atom stereocenters. The molecule has 0 aromatic heterocycles. The average Bonchev–Trinajstić information content (AvgIpc) is 2.04. The molecular weight excluding hydrogens is 198 g/mol. The monoisotopic (exact) mass is 213 g/mol. The van der Waals surface area contributed by atoms with E-state index in [9.17, 15) is 8.42 Å². The van der Waals surface area contributed by atoms with Crippen molar-refractivity contribution in [2.24, 2.45) is 0 Å². The summed E-state index contributed by atoms with van der Waals surface area (Å²) in [5, 5.41) is 17.2. The van der Waals surface area contributed by atoms with Crippen LogP contribution in [0.5, 0.6) is 0 Å². The van der Waals surface area contributed by atoms with Crippen LogP contribution in [0.15, 0.2) is 0 Å². The number of thiol groups is 1. The predicted molar refractivity (Wildman–Crippen MR) is 46.9 cm³/mol. The topological polar surface area (TPSA) is 87.1 Å². The fourth-order valence-corrected chi connectivity index (χ4v) is 1.09. The predicted octanol–water partition coefficient (Wildman–Crippen LogP) is -2.18. The molecule has 7 heteroatoms. The minimum absolute atomic E-state index is 0.0243. The van der Waals surface area contributed by atoms with Gasteiger partial charge < -0.3 is 10.2 Å². The summed E-state index contributed by atoms with van der Waals surface area (Å²) in [6.07, 6.45) is 0. The van der Waals surface area contributed by atoms with Gasteiger partial charge in [-0.15, -0.1) is 0 Å². The van der Waals surface area contributed by atoms with Gasteiger partial charge in [-0.25, -0.2) is 8.42 Å². The molecule has 0 aliphatic rings. The van der Waals surface area contributed by atoms with Crippen LogP contribution in [0, 0.1) is 0 Å². The van der Waals surface area contributed by atoms with Crippen LogP contribution in [0.3, 0.4) is 0 Å². The number of rotatable bonds is 8. The van der Waals surface area contributed by atoms with Gasteiger partial charge in [0.15, 0.2) is 0 Å². The molecule has 0 spiro atoms. The van der Waals surface area contributed by atoms with E-state index in [2.05, 4.69) is 4.18 Å². The van der Waals surface area contributed by atoms with E-state index >= 15 is 0 Å². The summed E-state index contributed by atoms with van der Waals surface area (Å²) in [6.45, 7) is 1.19. The number of hydrogen-bond donors (Lipinski definition) is 3. The number of aliphatic hydroxyl groups is 2. The first-order chi connectivity index (χ1) is 6.20. The highest BCUT2D eigenvalue weighted by atomic mass is 32.2. The second kappa shape index (κ2) is 8.39. The molecule has 0 rings (SSSR count).